The Morgan fingerprint density at radius 3 is 2.38 bits per heavy atom. The van der Waals surface area contributed by atoms with E-state index in [0.717, 1.165) is 10.8 Å². The standard InChI is InChI=1S/C18H12BrNO4/c1-23-17(21)13-7-4-8-14(20-13)18(22)24-15-10-9-11-5-2-3-6-12(11)16(15)19/h2-10H,1H3. The number of carbonyl (C=O) groups excluding carboxylic acids is 2. The third-order valence-corrected chi connectivity index (χ3v) is 4.20. The Hall–Kier alpha value is -2.73. The van der Waals surface area contributed by atoms with Crippen LogP contribution in [0.15, 0.2) is 59.1 Å². The number of nitrogens with zero attached hydrogens (tertiary/aromatic N) is 1. The Balaban J connectivity index is 1.90. The van der Waals surface area contributed by atoms with Crippen LogP contribution in [0.1, 0.15) is 21.0 Å². The van der Waals surface area contributed by atoms with Crippen LogP contribution in [0, 0.1) is 0 Å². The van der Waals surface area contributed by atoms with Gasteiger partial charge in [0.25, 0.3) is 0 Å². The molecule has 0 aliphatic carbocycles. The number of pyridine rings is 1. The highest BCUT2D eigenvalue weighted by molar-refractivity contribution is 9.10. The second-order valence-electron chi connectivity index (χ2n) is 4.89. The van der Waals surface area contributed by atoms with Gasteiger partial charge in [0.2, 0.25) is 0 Å². The third-order valence-electron chi connectivity index (χ3n) is 3.38. The molecule has 0 aliphatic heterocycles. The molecule has 0 amide bonds. The van der Waals surface area contributed by atoms with Crippen LogP contribution in [0.3, 0.4) is 0 Å². The SMILES string of the molecule is COC(=O)c1cccc(C(=O)Oc2ccc3ccccc3c2Br)n1. The van der Waals surface area contributed by atoms with Gasteiger partial charge in [-0.15, -0.1) is 0 Å². The van der Waals surface area contributed by atoms with Crippen molar-refractivity contribution in [2.45, 2.75) is 0 Å². The van der Waals surface area contributed by atoms with Crippen LogP contribution in [0.5, 0.6) is 5.75 Å². The normalized spacial score (nSPS) is 10.4. The number of hydrogen-bond donors (Lipinski definition) is 0. The lowest BCUT2D eigenvalue weighted by Crippen LogP contribution is -2.14. The summed E-state index contributed by atoms with van der Waals surface area (Å²) in [6.07, 6.45) is 0. The maximum absolute atomic E-state index is 12.3. The minimum atomic E-state index is -0.656. The number of benzene rings is 2. The second kappa shape index (κ2) is 6.80. The van der Waals surface area contributed by atoms with Gasteiger partial charge in [-0.1, -0.05) is 36.4 Å². The second-order valence-corrected chi connectivity index (χ2v) is 5.68. The quantitative estimate of drug-likeness (QED) is 0.503. The van der Waals surface area contributed by atoms with Crippen molar-refractivity contribution in [3.8, 4) is 5.75 Å². The van der Waals surface area contributed by atoms with E-state index in [2.05, 4.69) is 25.7 Å². The molecule has 0 spiro atoms. The molecule has 0 aliphatic rings. The number of carbonyl (C=O) groups is 2. The number of halogens is 1. The maximum atomic E-state index is 12.3. The molecule has 5 nitrogen and oxygen atoms in total. The monoisotopic (exact) mass is 385 g/mol. The highest BCUT2D eigenvalue weighted by Gasteiger charge is 2.16. The Kier molecular flexibility index (Phi) is 4.57. The van der Waals surface area contributed by atoms with E-state index >= 15 is 0 Å². The van der Waals surface area contributed by atoms with E-state index in [1.165, 1.54) is 19.2 Å². The predicted molar refractivity (Wildman–Crippen MR) is 92.2 cm³/mol. The Bertz CT molecular complexity index is 939. The number of rotatable bonds is 3. The summed E-state index contributed by atoms with van der Waals surface area (Å²) in [6.45, 7) is 0. The largest absolute Gasteiger partial charge is 0.464 e. The molecular weight excluding hydrogens is 374 g/mol. The van der Waals surface area contributed by atoms with E-state index in [9.17, 15) is 9.59 Å². The highest BCUT2D eigenvalue weighted by atomic mass is 79.9. The Morgan fingerprint density at radius 1 is 0.917 bits per heavy atom. The zero-order chi connectivity index (χ0) is 17.1. The summed E-state index contributed by atoms with van der Waals surface area (Å²) in [4.78, 5) is 27.8. The lowest BCUT2D eigenvalue weighted by atomic mass is 10.1. The molecule has 0 bridgehead atoms. The average Bonchev–Trinajstić information content (AvgIpc) is 2.63. The number of methoxy groups -OCH3 is 1. The summed E-state index contributed by atoms with van der Waals surface area (Å²) in [5.41, 5.74) is 0.0717. The van der Waals surface area contributed by atoms with Crippen molar-refractivity contribution in [3.05, 3.63) is 70.5 Å². The lowest BCUT2D eigenvalue weighted by Gasteiger charge is -2.09. The van der Waals surface area contributed by atoms with Crippen LogP contribution < -0.4 is 4.74 Å². The molecule has 3 aromatic rings. The van der Waals surface area contributed by atoms with Crippen LogP contribution in [0.25, 0.3) is 10.8 Å². The number of ether oxygens (including phenoxy) is 2. The number of fused-ring (bicyclic) bond motifs is 1. The molecule has 0 saturated heterocycles. The summed E-state index contributed by atoms with van der Waals surface area (Å²) in [6, 6.07) is 15.8. The first kappa shape index (κ1) is 16.1. The van der Waals surface area contributed by atoms with Gasteiger partial charge in [0, 0.05) is 0 Å². The van der Waals surface area contributed by atoms with E-state index in [0.29, 0.717) is 10.2 Å². The van der Waals surface area contributed by atoms with Crippen LogP contribution >= 0.6 is 15.9 Å². The molecule has 2 aromatic carbocycles. The Labute approximate surface area is 146 Å². The van der Waals surface area contributed by atoms with Gasteiger partial charge in [-0.05, 0) is 44.9 Å². The highest BCUT2D eigenvalue weighted by Crippen LogP contribution is 2.33. The van der Waals surface area contributed by atoms with E-state index < -0.39 is 11.9 Å². The number of hydrogen-bond acceptors (Lipinski definition) is 5. The zero-order valence-corrected chi connectivity index (χ0v) is 14.2. The van der Waals surface area contributed by atoms with Crippen molar-refractivity contribution >= 4 is 38.6 Å². The molecule has 0 fully saturated rings. The van der Waals surface area contributed by atoms with Gasteiger partial charge in [-0.25, -0.2) is 14.6 Å². The molecule has 24 heavy (non-hydrogen) atoms. The summed E-state index contributed by atoms with van der Waals surface area (Å²) in [5.74, 6) is -0.891. The van der Waals surface area contributed by atoms with Crippen molar-refractivity contribution in [1.29, 1.82) is 0 Å². The van der Waals surface area contributed by atoms with Crippen molar-refractivity contribution in [2.24, 2.45) is 0 Å². The maximum Gasteiger partial charge on any atom is 0.362 e. The fraction of sp³-hybridized carbons (Fsp3) is 0.0556. The first-order chi connectivity index (χ1) is 11.6. The van der Waals surface area contributed by atoms with E-state index in [4.69, 9.17) is 4.74 Å². The summed E-state index contributed by atoms with van der Waals surface area (Å²) in [7, 11) is 1.25. The third kappa shape index (κ3) is 3.14. The topological polar surface area (TPSA) is 65.5 Å². The van der Waals surface area contributed by atoms with Crippen LogP contribution in [0.4, 0.5) is 0 Å². The molecule has 0 N–H and O–H groups in total. The van der Waals surface area contributed by atoms with Gasteiger partial charge < -0.3 is 9.47 Å². The lowest BCUT2D eigenvalue weighted by molar-refractivity contribution is 0.0593. The first-order valence-electron chi connectivity index (χ1n) is 7.05. The van der Waals surface area contributed by atoms with E-state index in [1.807, 2.05) is 30.3 Å². The fourth-order valence-corrected chi connectivity index (χ4v) is 2.79. The van der Waals surface area contributed by atoms with Gasteiger partial charge in [0.05, 0.1) is 11.6 Å². The van der Waals surface area contributed by atoms with Gasteiger partial charge in [0.1, 0.15) is 17.1 Å². The fourth-order valence-electron chi connectivity index (χ4n) is 2.21. The summed E-state index contributed by atoms with van der Waals surface area (Å²) in [5, 5.41) is 1.95. The van der Waals surface area contributed by atoms with Crippen LogP contribution in [-0.4, -0.2) is 24.0 Å². The van der Waals surface area contributed by atoms with Crippen LogP contribution in [0.2, 0.25) is 0 Å². The first-order valence-corrected chi connectivity index (χ1v) is 7.84. The summed E-state index contributed by atoms with van der Waals surface area (Å²) >= 11 is 3.46. The molecule has 120 valence electrons. The average molecular weight is 386 g/mol. The number of aromatic nitrogens is 1. The Morgan fingerprint density at radius 2 is 1.62 bits per heavy atom. The van der Waals surface area contributed by atoms with Crippen molar-refractivity contribution in [1.82, 2.24) is 4.98 Å². The molecule has 0 saturated carbocycles. The minimum Gasteiger partial charge on any atom is -0.464 e. The molecule has 1 aromatic heterocycles. The van der Waals surface area contributed by atoms with Crippen molar-refractivity contribution in [3.63, 3.8) is 0 Å². The van der Waals surface area contributed by atoms with Gasteiger partial charge in [-0.2, -0.15) is 0 Å². The smallest absolute Gasteiger partial charge is 0.362 e. The molecule has 0 unspecified atom stereocenters. The molecule has 0 radical (unpaired) electrons. The molecule has 6 heteroatoms. The predicted octanol–water partition coefficient (Wildman–Crippen LogP) is 4.00. The molecule has 1 heterocycles. The van der Waals surface area contributed by atoms with Crippen molar-refractivity contribution < 1.29 is 19.1 Å². The van der Waals surface area contributed by atoms with Crippen molar-refractivity contribution in [2.75, 3.05) is 7.11 Å². The minimum absolute atomic E-state index is 0.0259. The van der Waals surface area contributed by atoms with E-state index in [-0.39, 0.29) is 11.4 Å². The molecule has 3 rings (SSSR count). The van der Waals surface area contributed by atoms with Crippen LogP contribution in [-0.2, 0) is 4.74 Å². The van der Waals surface area contributed by atoms with Gasteiger partial charge in [-0.3, -0.25) is 0 Å². The zero-order valence-electron chi connectivity index (χ0n) is 12.7. The van der Waals surface area contributed by atoms with Gasteiger partial charge in [0.15, 0.2) is 0 Å². The molecule has 0 atom stereocenters. The summed E-state index contributed by atoms with van der Waals surface area (Å²) < 4.78 is 10.7. The van der Waals surface area contributed by atoms with Gasteiger partial charge >= 0.3 is 11.9 Å². The van der Waals surface area contributed by atoms with E-state index in [1.54, 1.807) is 12.1 Å². The molecular formula is C18H12BrNO4. The number of esters is 2.